The van der Waals surface area contributed by atoms with Gasteiger partial charge < -0.3 is 0 Å². The van der Waals surface area contributed by atoms with Gasteiger partial charge in [-0.05, 0) is 20.3 Å². The highest BCUT2D eigenvalue weighted by Gasteiger charge is 1.89. The summed E-state index contributed by atoms with van der Waals surface area (Å²) in [7, 11) is 0. The predicted molar refractivity (Wildman–Crippen MR) is 52.6 cm³/mol. The molecule has 0 heteroatoms. The molecule has 1 aliphatic rings. The predicted octanol–water partition coefficient (Wildman–Crippen LogP) is 3.87. The van der Waals surface area contributed by atoms with Crippen LogP contribution >= 0.6 is 0 Å². The first kappa shape index (κ1) is 10.2. The van der Waals surface area contributed by atoms with E-state index in [2.05, 4.69) is 38.2 Å². The molecular formula is C11H18. The maximum atomic E-state index is 2.22. The quantitative estimate of drug-likeness (QED) is 0.492. The van der Waals surface area contributed by atoms with Crippen LogP contribution in [0.15, 0.2) is 35.5 Å². The van der Waals surface area contributed by atoms with Crippen LogP contribution in [0.4, 0.5) is 0 Å². The smallest absolute Gasteiger partial charge is 0.0135 e. The third kappa shape index (κ3) is 4.60. The minimum absolute atomic E-state index is 1.10. The van der Waals surface area contributed by atoms with Crippen molar-refractivity contribution >= 4 is 0 Å². The second kappa shape index (κ2) is 5.96. The van der Waals surface area contributed by atoms with Gasteiger partial charge in [0.15, 0.2) is 0 Å². The van der Waals surface area contributed by atoms with Gasteiger partial charge in [0.05, 0.1) is 0 Å². The lowest BCUT2D eigenvalue weighted by Gasteiger charge is -1.91. The van der Waals surface area contributed by atoms with Gasteiger partial charge in [0.2, 0.25) is 0 Å². The van der Waals surface area contributed by atoms with Gasteiger partial charge in [-0.2, -0.15) is 0 Å². The van der Waals surface area contributed by atoms with Gasteiger partial charge >= 0.3 is 0 Å². The van der Waals surface area contributed by atoms with Crippen molar-refractivity contribution in [2.24, 2.45) is 0 Å². The molecule has 0 amide bonds. The third-order valence-corrected chi connectivity index (χ3v) is 1.41. The molecule has 0 heterocycles. The van der Waals surface area contributed by atoms with E-state index in [0.29, 0.717) is 0 Å². The van der Waals surface area contributed by atoms with Crippen LogP contribution in [0.3, 0.4) is 0 Å². The average molecular weight is 150 g/mol. The summed E-state index contributed by atoms with van der Waals surface area (Å²) in [5.74, 6) is 0. The van der Waals surface area contributed by atoms with Crippen molar-refractivity contribution in [3.05, 3.63) is 35.5 Å². The molecule has 0 N–H and O–H groups in total. The first-order valence-electron chi connectivity index (χ1n) is 4.29. The van der Waals surface area contributed by atoms with Crippen molar-refractivity contribution in [3.8, 4) is 0 Å². The Balaban J connectivity index is 0.000000461. The molecule has 0 atom stereocenters. The Bertz CT molecular complexity index is 180. The Labute approximate surface area is 70.3 Å². The third-order valence-electron chi connectivity index (χ3n) is 1.41. The van der Waals surface area contributed by atoms with Crippen LogP contribution in [0, 0.1) is 0 Å². The van der Waals surface area contributed by atoms with Crippen molar-refractivity contribution in [2.75, 3.05) is 0 Å². The molecule has 0 radical (unpaired) electrons. The molecule has 1 rings (SSSR count). The number of allylic oxidation sites excluding steroid dienone is 6. The Kier molecular flexibility index (Phi) is 5.54. The van der Waals surface area contributed by atoms with Crippen molar-refractivity contribution < 1.29 is 0 Å². The van der Waals surface area contributed by atoms with Gasteiger partial charge in [0.1, 0.15) is 0 Å². The summed E-state index contributed by atoms with van der Waals surface area (Å²) in [5.41, 5.74) is 2.79. The topological polar surface area (TPSA) is 0 Å². The van der Waals surface area contributed by atoms with E-state index in [-0.39, 0.29) is 0 Å². The fourth-order valence-corrected chi connectivity index (χ4v) is 0.969. The summed E-state index contributed by atoms with van der Waals surface area (Å²) in [6.07, 6.45) is 9.76. The van der Waals surface area contributed by atoms with Crippen LogP contribution in [0.5, 0.6) is 0 Å². The van der Waals surface area contributed by atoms with E-state index >= 15 is 0 Å². The van der Waals surface area contributed by atoms with Gasteiger partial charge in [-0.15, -0.1) is 0 Å². The van der Waals surface area contributed by atoms with E-state index in [4.69, 9.17) is 0 Å². The van der Waals surface area contributed by atoms with Crippen LogP contribution in [0.2, 0.25) is 0 Å². The van der Waals surface area contributed by atoms with Crippen LogP contribution in [0.25, 0.3) is 0 Å². The van der Waals surface area contributed by atoms with Gasteiger partial charge in [0.25, 0.3) is 0 Å². The van der Waals surface area contributed by atoms with Crippen LogP contribution in [0.1, 0.15) is 34.1 Å². The Morgan fingerprint density at radius 1 is 1.18 bits per heavy atom. The molecule has 0 unspecified atom stereocenters. The zero-order valence-corrected chi connectivity index (χ0v) is 8.02. The lowest BCUT2D eigenvalue weighted by molar-refractivity contribution is 1.21. The standard InChI is InChI=1S/C9H12.C2H6/c1-8-5-3-4-6-9(2)7-8;1-2/h3-5,7H,6H2,1-2H3;1-2H3. The molecule has 0 aliphatic heterocycles. The van der Waals surface area contributed by atoms with E-state index in [1.807, 2.05) is 13.8 Å². The molecule has 11 heavy (non-hydrogen) atoms. The molecule has 0 aromatic heterocycles. The highest BCUT2D eigenvalue weighted by Crippen LogP contribution is 2.09. The molecule has 0 fully saturated rings. The zero-order valence-electron chi connectivity index (χ0n) is 8.02. The second-order valence-corrected chi connectivity index (χ2v) is 2.53. The summed E-state index contributed by atoms with van der Waals surface area (Å²) in [5, 5.41) is 0. The fourth-order valence-electron chi connectivity index (χ4n) is 0.969. The minimum Gasteiger partial charge on any atom is -0.0805 e. The van der Waals surface area contributed by atoms with Gasteiger partial charge in [0, 0.05) is 0 Å². The van der Waals surface area contributed by atoms with Gasteiger partial charge in [-0.3, -0.25) is 0 Å². The van der Waals surface area contributed by atoms with Crippen molar-refractivity contribution in [1.82, 2.24) is 0 Å². The summed E-state index contributed by atoms with van der Waals surface area (Å²) >= 11 is 0. The molecule has 1 aliphatic carbocycles. The summed E-state index contributed by atoms with van der Waals surface area (Å²) < 4.78 is 0. The maximum absolute atomic E-state index is 2.22. The summed E-state index contributed by atoms with van der Waals surface area (Å²) in [4.78, 5) is 0. The van der Waals surface area contributed by atoms with E-state index in [1.54, 1.807) is 0 Å². The molecule has 0 saturated heterocycles. The normalized spacial score (nSPS) is 15.6. The second-order valence-electron chi connectivity index (χ2n) is 2.53. The average Bonchev–Trinajstić information content (AvgIpc) is 2.18. The molecule has 0 aromatic carbocycles. The Hall–Kier alpha value is -0.780. The number of hydrogen-bond acceptors (Lipinski definition) is 0. The molecule has 62 valence electrons. The van der Waals surface area contributed by atoms with E-state index in [1.165, 1.54) is 11.1 Å². The monoisotopic (exact) mass is 150 g/mol. The molecular weight excluding hydrogens is 132 g/mol. The summed E-state index contributed by atoms with van der Waals surface area (Å²) in [6, 6.07) is 0. The Morgan fingerprint density at radius 3 is 2.45 bits per heavy atom. The first-order valence-corrected chi connectivity index (χ1v) is 4.29. The van der Waals surface area contributed by atoms with Gasteiger partial charge in [-0.25, -0.2) is 0 Å². The van der Waals surface area contributed by atoms with E-state index < -0.39 is 0 Å². The SMILES string of the molecule is CC.CC1=CC=CCC(C)=C1. The highest BCUT2D eigenvalue weighted by atomic mass is 14.0. The van der Waals surface area contributed by atoms with Crippen molar-refractivity contribution in [2.45, 2.75) is 34.1 Å². The first-order chi connectivity index (χ1) is 5.29. The molecule has 0 bridgehead atoms. The maximum Gasteiger partial charge on any atom is -0.0135 e. The molecule has 0 spiro atoms. The van der Waals surface area contributed by atoms with E-state index in [0.717, 1.165) is 6.42 Å². The largest absolute Gasteiger partial charge is 0.0805 e. The zero-order chi connectivity index (χ0) is 8.69. The van der Waals surface area contributed by atoms with Crippen LogP contribution in [-0.4, -0.2) is 0 Å². The van der Waals surface area contributed by atoms with Crippen molar-refractivity contribution in [1.29, 1.82) is 0 Å². The molecule has 0 saturated carbocycles. The highest BCUT2D eigenvalue weighted by molar-refractivity contribution is 5.29. The molecule has 0 nitrogen and oxygen atoms in total. The van der Waals surface area contributed by atoms with Crippen LogP contribution in [-0.2, 0) is 0 Å². The minimum atomic E-state index is 1.10. The lowest BCUT2D eigenvalue weighted by Crippen LogP contribution is -1.70. The van der Waals surface area contributed by atoms with Gasteiger partial charge in [-0.1, -0.05) is 49.3 Å². The van der Waals surface area contributed by atoms with Crippen molar-refractivity contribution in [3.63, 3.8) is 0 Å². The van der Waals surface area contributed by atoms with E-state index in [9.17, 15) is 0 Å². The number of rotatable bonds is 0. The fraction of sp³-hybridized carbons (Fsp3) is 0.455. The number of hydrogen-bond donors (Lipinski definition) is 0. The Morgan fingerprint density at radius 2 is 1.82 bits per heavy atom. The van der Waals surface area contributed by atoms with Crippen LogP contribution < -0.4 is 0 Å². The summed E-state index contributed by atoms with van der Waals surface area (Å²) in [6.45, 7) is 8.28. The lowest BCUT2D eigenvalue weighted by atomic mass is 10.2. The molecule has 0 aromatic rings.